The number of carbonyl (C=O) groups is 2. The predicted octanol–water partition coefficient (Wildman–Crippen LogP) is 4.25. The van der Waals surface area contributed by atoms with E-state index in [0.29, 0.717) is 24.9 Å². The first kappa shape index (κ1) is 27.6. The molecule has 7 nitrogen and oxygen atoms in total. The van der Waals surface area contributed by atoms with E-state index in [1.165, 1.54) is 18.2 Å². The van der Waals surface area contributed by atoms with Crippen molar-refractivity contribution in [1.82, 2.24) is 14.9 Å². The second kappa shape index (κ2) is 10.2. The zero-order valence-electron chi connectivity index (χ0n) is 22.0. The Hall–Kier alpha value is -2.97. The Labute approximate surface area is 215 Å². The molecule has 0 aromatic heterocycles. The van der Waals surface area contributed by atoms with Crippen LogP contribution in [0.25, 0.3) is 0 Å². The summed E-state index contributed by atoms with van der Waals surface area (Å²) in [5.74, 6) is -0.535. The van der Waals surface area contributed by atoms with Crippen molar-refractivity contribution < 1.29 is 18.0 Å². The van der Waals surface area contributed by atoms with Gasteiger partial charge in [-0.3, -0.25) is 9.59 Å². The highest BCUT2D eigenvalue weighted by Gasteiger charge is 2.51. The van der Waals surface area contributed by atoms with E-state index in [2.05, 4.69) is 23.3 Å². The van der Waals surface area contributed by atoms with E-state index < -0.39 is 21.1 Å². The van der Waals surface area contributed by atoms with Gasteiger partial charge in [-0.1, -0.05) is 35.9 Å². The van der Waals surface area contributed by atoms with Gasteiger partial charge in [-0.25, -0.2) is 8.42 Å². The van der Waals surface area contributed by atoms with Gasteiger partial charge in [0.25, 0.3) is 5.91 Å². The number of nitrogens with one attached hydrogen (secondary N) is 2. The topological polar surface area (TPSA) is 95.6 Å². The average molecular weight is 512 g/mol. The van der Waals surface area contributed by atoms with Gasteiger partial charge in [-0.15, -0.1) is 0 Å². The van der Waals surface area contributed by atoms with Crippen LogP contribution < -0.4 is 10.6 Å². The molecule has 0 spiro atoms. The van der Waals surface area contributed by atoms with E-state index in [0.717, 1.165) is 16.7 Å². The highest BCUT2D eigenvalue weighted by Crippen LogP contribution is 2.42. The van der Waals surface area contributed by atoms with Crippen LogP contribution in [-0.4, -0.2) is 41.7 Å². The molecular weight excluding hydrogens is 474 g/mol. The molecule has 3 rings (SSSR count). The zero-order valence-corrected chi connectivity index (χ0v) is 22.8. The molecule has 36 heavy (non-hydrogen) atoms. The van der Waals surface area contributed by atoms with Gasteiger partial charge >= 0.3 is 0 Å². The molecule has 2 aromatic carbocycles. The van der Waals surface area contributed by atoms with E-state index in [1.807, 2.05) is 53.7 Å². The Kier molecular flexibility index (Phi) is 7.81. The maximum absolute atomic E-state index is 13.8. The van der Waals surface area contributed by atoms with Crippen molar-refractivity contribution in [3.05, 3.63) is 77.4 Å². The molecule has 1 aliphatic heterocycles. The van der Waals surface area contributed by atoms with Gasteiger partial charge < -0.3 is 10.6 Å². The van der Waals surface area contributed by atoms with Gasteiger partial charge in [0.1, 0.15) is 0 Å². The average Bonchev–Trinajstić information content (AvgIpc) is 2.74. The van der Waals surface area contributed by atoms with Crippen molar-refractivity contribution in [2.45, 2.75) is 82.9 Å². The summed E-state index contributed by atoms with van der Waals surface area (Å²) >= 11 is 0. The van der Waals surface area contributed by atoms with Crippen LogP contribution >= 0.6 is 0 Å². The fraction of sp³-hybridized carbons (Fsp3) is 0.429. The van der Waals surface area contributed by atoms with Crippen molar-refractivity contribution in [1.29, 1.82) is 0 Å². The first-order valence-corrected chi connectivity index (χ1v) is 13.5. The quantitative estimate of drug-likeness (QED) is 0.544. The molecule has 0 atom stereocenters. The monoisotopic (exact) mass is 511 g/mol. The van der Waals surface area contributed by atoms with Crippen LogP contribution in [0.15, 0.2) is 60.0 Å². The van der Waals surface area contributed by atoms with Gasteiger partial charge in [0.15, 0.2) is 0 Å². The second-order valence-corrected chi connectivity index (χ2v) is 12.7. The van der Waals surface area contributed by atoms with E-state index >= 15 is 0 Å². The number of rotatable bonds is 7. The number of benzene rings is 2. The number of nitrogens with zero attached hydrogens (tertiary/aromatic N) is 1. The number of carbonyl (C=O) groups excluding carboxylic acids is 2. The van der Waals surface area contributed by atoms with Gasteiger partial charge in [0, 0.05) is 29.2 Å². The summed E-state index contributed by atoms with van der Waals surface area (Å²) in [7, 11) is -3.87. The SMILES string of the molecule is C=CC(=O)NC1CC(C)(C)N(S(=O)(=O)c2ccc(C(=O)NCc3cc(C)cc(C)c3)cc2)C(C)(C)C1. The lowest BCUT2D eigenvalue weighted by molar-refractivity contribution is -0.118. The summed E-state index contributed by atoms with van der Waals surface area (Å²) in [4.78, 5) is 24.7. The van der Waals surface area contributed by atoms with Crippen molar-refractivity contribution in [2.24, 2.45) is 0 Å². The molecule has 1 aliphatic rings. The molecule has 0 saturated carbocycles. The number of sulfonamides is 1. The number of piperidine rings is 1. The molecule has 1 fully saturated rings. The zero-order chi connectivity index (χ0) is 26.9. The molecule has 0 unspecified atom stereocenters. The Morgan fingerprint density at radius 3 is 2.03 bits per heavy atom. The van der Waals surface area contributed by atoms with E-state index in [-0.39, 0.29) is 22.8 Å². The number of aryl methyl sites for hydroxylation is 2. The molecule has 2 N–H and O–H groups in total. The molecule has 0 radical (unpaired) electrons. The van der Waals surface area contributed by atoms with Crippen molar-refractivity contribution >= 4 is 21.8 Å². The maximum atomic E-state index is 13.8. The third-order valence-corrected chi connectivity index (χ3v) is 8.85. The van der Waals surface area contributed by atoms with E-state index in [4.69, 9.17) is 0 Å². The fourth-order valence-corrected chi connectivity index (χ4v) is 7.76. The van der Waals surface area contributed by atoms with E-state index in [9.17, 15) is 18.0 Å². The van der Waals surface area contributed by atoms with Crippen LogP contribution in [0.3, 0.4) is 0 Å². The first-order valence-electron chi connectivity index (χ1n) is 12.1. The number of hydrogen-bond donors (Lipinski definition) is 2. The van der Waals surface area contributed by atoms with Crippen LogP contribution in [0, 0.1) is 13.8 Å². The minimum atomic E-state index is -3.87. The third-order valence-electron chi connectivity index (χ3n) is 6.51. The molecule has 194 valence electrons. The molecule has 2 amide bonds. The molecule has 0 aliphatic carbocycles. The van der Waals surface area contributed by atoms with Crippen molar-refractivity contribution in [3.63, 3.8) is 0 Å². The molecule has 8 heteroatoms. The first-order chi connectivity index (χ1) is 16.7. The van der Waals surface area contributed by atoms with Crippen molar-refractivity contribution in [3.8, 4) is 0 Å². The van der Waals surface area contributed by atoms with E-state index in [1.54, 1.807) is 16.4 Å². The number of hydrogen-bond acceptors (Lipinski definition) is 4. The van der Waals surface area contributed by atoms with Crippen LogP contribution in [0.1, 0.15) is 67.6 Å². The third kappa shape index (κ3) is 6.05. The summed E-state index contributed by atoms with van der Waals surface area (Å²) in [5.41, 5.74) is 2.17. The minimum absolute atomic E-state index is 0.128. The smallest absolute Gasteiger partial charge is 0.251 e. The lowest BCUT2D eigenvalue weighted by Gasteiger charge is -2.53. The van der Waals surface area contributed by atoms with Crippen molar-refractivity contribution in [2.75, 3.05) is 0 Å². The molecule has 0 bridgehead atoms. The standard InChI is InChI=1S/C28H37N3O4S/c1-8-25(32)30-23-16-27(4,5)31(28(6,7)17-23)36(34,35)24-11-9-22(10-12-24)26(33)29-18-21-14-19(2)13-20(3)15-21/h8-15,23H,1,16-18H2,2-7H3,(H,29,33)(H,30,32). The number of amides is 2. The van der Waals surface area contributed by atoms with Gasteiger partial charge in [0.05, 0.1) is 4.90 Å². The summed E-state index contributed by atoms with van der Waals surface area (Å²) < 4.78 is 29.1. The Morgan fingerprint density at radius 2 is 1.53 bits per heavy atom. The molecule has 1 heterocycles. The highest BCUT2D eigenvalue weighted by molar-refractivity contribution is 7.89. The van der Waals surface area contributed by atoms with Crippen LogP contribution in [0.4, 0.5) is 0 Å². The van der Waals surface area contributed by atoms with Gasteiger partial charge in [-0.2, -0.15) is 4.31 Å². The largest absolute Gasteiger partial charge is 0.350 e. The summed E-state index contributed by atoms with van der Waals surface area (Å²) in [6, 6.07) is 12.0. The van der Waals surface area contributed by atoms with Gasteiger partial charge in [-0.05, 0) is 90.3 Å². The molecule has 1 saturated heterocycles. The second-order valence-electron chi connectivity index (χ2n) is 10.9. The summed E-state index contributed by atoms with van der Waals surface area (Å²) in [6.07, 6.45) is 2.16. The Bertz CT molecular complexity index is 1230. The highest BCUT2D eigenvalue weighted by atomic mass is 32.2. The fourth-order valence-electron chi connectivity index (χ4n) is 5.62. The van der Waals surface area contributed by atoms with Gasteiger partial charge in [0.2, 0.25) is 15.9 Å². The lowest BCUT2D eigenvalue weighted by atomic mass is 9.79. The summed E-state index contributed by atoms with van der Waals surface area (Å²) in [5, 5.41) is 5.82. The van der Waals surface area contributed by atoms with Crippen LogP contribution in [0.2, 0.25) is 0 Å². The minimum Gasteiger partial charge on any atom is -0.350 e. The van der Waals surface area contributed by atoms with Crippen LogP contribution in [-0.2, 0) is 21.4 Å². The van der Waals surface area contributed by atoms with Crippen LogP contribution in [0.5, 0.6) is 0 Å². The lowest BCUT2D eigenvalue weighted by Crippen LogP contribution is -2.65. The molecular formula is C28H37N3O4S. The Balaban J connectivity index is 1.78. The summed E-state index contributed by atoms with van der Waals surface area (Å²) in [6.45, 7) is 15.4. The normalized spacial score (nSPS) is 17.8. The predicted molar refractivity (Wildman–Crippen MR) is 142 cm³/mol. The Morgan fingerprint density at radius 1 is 1.00 bits per heavy atom. The maximum Gasteiger partial charge on any atom is 0.251 e. The molecule has 2 aromatic rings.